The summed E-state index contributed by atoms with van der Waals surface area (Å²) >= 11 is 0. The number of fused-ring (bicyclic) bond motifs is 1. The van der Waals surface area contributed by atoms with Crippen LogP contribution in [0.3, 0.4) is 0 Å². The second-order valence-corrected chi connectivity index (χ2v) is 9.38. The first-order valence-corrected chi connectivity index (χ1v) is 11.0. The van der Waals surface area contributed by atoms with E-state index in [0.717, 1.165) is 13.0 Å². The van der Waals surface area contributed by atoms with Crippen molar-refractivity contribution >= 4 is 28.2 Å². The maximum atomic E-state index is 12.9. The fraction of sp³-hybridized carbons (Fsp3) is 0.400. The van der Waals surface area contributed by atoms with Crippen LogP contribution in [0.15, 0.2) is 54.9 Å². The largest absolute Gasteiger partial charge is 0.332 e. The Hall–Kier alpha value is -1.96. The molecular formula is C20H24ClN3O3S. The highest BCUT2D eigenvalue weighted by Crippen LogP contribution is 2.28. The third-order valence-electron chi connectivity index (χ3n) is 5.49. The van der Waals surface area contributed by atoms with Gasteiger partial charge in [-0.15, -0.1) is 12.4 Å². The van der Waals surface area contributed by atoms with Crippen molar-refractivity contribution in [3.63, 3.8) is 0 Å². The molecule has 1 aromatic carbocycles. The lowest BCUT2D eigenvalue weighted by Gasteiger charge is -2.44. The van der Waals surface area contributed by atoms with Crippen molar-refractivity contribution in [1.29, 1.82) is 0 Å². The minimum atomic E-state index is -3.14. The number of nitrogens with zero attached hydrogens (tertiary/aromatic N) is 3. The molecular weight excluding hydrogens is 398 g/mol. The van der Waals surface area contributed by atoms with E-state index in [4.69, 9.17) is 0 Å². The van der Waals surface area contributed by atoms with Gasteiger partial charge in [-0.3, -0.25) is 14.7 Å². The van der Waals surface area contributed by atoms with Gasteiger partial charge in [-0.2, -0.15) is 0 Å². The van der Waals surface area contributed by atoms with Crippen molar-refractivity contribution in [3.8, 4) is 0 Å². The Balaban J connectivity index is 0.00000225. The first kappa shape index (κ1) is 20.8. The monoisotopic (exact) mass is 421 g/mol. The summed E-state index contributed by atoms with van der Waals surface area (Å²) in [6.45, 7) is 2.03. The average Bonchev–Trinajstić information content (AvgIpc) is 3.02. The Bertz CT molecular complexity index is 909. The lowest BCUT2D eigenvalue weighted by Crippen LogP contribution is -2.60. The predicted molar refractivity (Wildman–Crippen MR) is 110 cm³/mol. The van der Waals surface area contributed by atoms with E-state index in [9.17, 15) is 13.2 Å². The van der Waals surface area contributed by atoms with Gasteiger partial charge in [0.1, 0.15) is 0 Å². The summed E-state index contributed by atoms with van der Waals surface area (Å²) in [7, 11) is -3.14. The molecule has 2 aliphatic heterocycles. The zero-order chi connectivity index (χ0) is 18.9. The van der Waals surface area contributed by atoms with E-state index >= 15 is 0 Å². The third kappa shape index (κ3) is 4.37. The summed E-state index contributed by atoms with van der Waals surface area (Å²) in [6, 6.07) is 13.2. The molecule has 2 atom stereocenters. The van der Waals surface area contributed by atoms with E-state index in [1.165, 1.54) is 5.56 Å². The Morgan fingerprint density at radius 2 is 1.79 bits per heavy atom. The van der Waals surface area contributed by atoms with Crippen molar-refractivity contribution < 1.29 is 13.2 Å². The lowest BCUT2D eigenvalue weighted by atomic mass is 10.0. The van der Waals surface area contributed by atoms with Crippen LogP contribution in [0, 0.1) is 0 Å². The van der Waals surface area contributed by atoms with Crippen LogP contribution in [0.5, 0.6) is 0 Å². The van der Waals surface area contributed by atoms with Crippen LogP contribution in [-0.4, -0.2) is 72.3 Å². The number of halogens is 1. The van der Waals surface area contributed by atoms with E-state index in [-0.39, 0.29) is 41.9 Å². The molecule has 2 aromatic rings. The van der Waals surface area contributed by atoms with E-state index in [2.05, 4.69) is 22.0 Å². The number of rotatable bonds is 4. The second kappa shape index (κ2) is 8.59. The van der Waals surface area contributed by atoms with Crippen LogP contribution in [0.4, 0.5) is 0 Å². The zero-order valence-electron chi connectivity index (χ0n) is 15.5. The van der Waals surface area contributed by atoms with Gasteiger partial charge in [0, 0.05) is 38.1 Å². The molecule has 0 saturated carbocycles. The summed E-state index contributed by atoms with van der Waals surface area (Å²) in [5, 5.41) is 0. The molecule has 0 unspecified atom stereocenters. The van der Waals surface area contributed by atoms with Gasteiger partial charge in [-0.25, -0.2) is 8.42 Å². The summed E-state index contributed by atoms with van der Waals surface area (Å²) in [6.07, 6.45) is 4.05. The smallest absolute Gasteiger partial charge is 0.255 e. The Morgan fingerprint density at radius 1 is 1.04 bits per heavy atom. The summed E-state index contributed by atoms with van der Waals surface area (Å²) < 4.78 is 24.7. The van der Waals surface area contributed by atoms with Crippen molar-refractivity contribution in [3.05, 3.63) is 66.0 Å². The molecule has 3 heterocycles. The van der Waals surface area contributed by atoms with Gasteiger partial charge < -0.3 is 4.90 Å². The summed E-state index contributed by atoms with van der Waals surface area (Å²) in [4.78, 5) is 20.9. The third-order valence-corrected chi connectivity index (χ3v) is 7.19. The van der Waals surface area contributed by atoms with Crippen molar-refractivity contribution in [2.45, 2.75) is 18.5 Å². The Labute approximate surface area is 171 Å². The molecule has 0 bridgehead atoms. The minimum Gasteiger partial charge on any atom is -0.332 e. The van der Waals surface area contributed by atoms with Crippen LogP contribution < -0.4 is 0 Å². The van der Waals surface area contributed by atoms with Gasteiger partial charge in [0.2, 0.25) is 0 Å². The molecule has 2 saturated heterocycles. The molecule has 2 fully saturated rings. The highest BCUT2D eigenvalue weighted by molar-refractivity contribution is 7.91. The molecule has 1 amide bonds. The van der Waals surface area contributed by atoms with E-state index in [1.807, 2.05) is 18.2 Å². The molecule has 8 heteroatoms. The number of carbonyl (C=O) groups is 1. The maximum Gasteiger partial charge on any atom is 0.255 e. The first-order chi connectivity index (χ1) is 13.0. The number of amides is 1. The fourth-order valence-electron chi connectivity index (χ4n) is 4.13. The standard InChI is InChI=1S/C20H23N3O3S.ClH/c24-20(17-7-4-9-21-13-17)23-12-11-22(10-8-16-5-2-1-3-6-16)18-14-27(25,26)15-19(18)23;/h1-7,9,13,18-19H,8,10-12,14-15H2;1H/t18-,19+;/m1./s1. The molecule has 2 aliphatic rings. The number of hydrogen-bond acceptors (Lipinski definition) is 5. The van der Waals surface area contributed by atoms with Gasteiger partial charge >= 0.3 is 0 Å². The van der Waals surface area contributed by atoms with Crippen molar-refractivity contribution in [1.82, 2.24) is 14.8 Å². The molecule has 0 N–H and O–H groups in total. The molecule has 6 nitrogen and oxygen atoms in total. The maximum absolute atomic E-state index is 12.9. The number of benzene rings is 1. The van der Waals surface area contributed by atoms with Crippen molar-refractivity contribution in [2.75, 3.05) is 31.1 Å². The number of carbonyl (C=O) groups excluding carboxylic acids is 1. The normalized spacial score (nSPS) is 23.6. The van der Waals surface area contributed by atoms with E-state index < -0.39 is 9.84 Å². The molecule has 1 aromatic heterocycles. The zero-order valence-corrected chi connectivity index (χ0v) is 17.1. The number of aromatic nitrogens is 1. The first-order valence-electron chi connectivity index (χ1n) is 9.23. The van der Waals surface area contributed by atoms with Crippen LogP contribution in [-0.2, 0) is 16.3 Å². The molecule has 28 heavy (non-hydrogen) atoms. The Morgan fingerprint density at radius 3 is 2.50 bits per heavy atom. The van der Waals surface area contributed by atoms with Crippen LogP contribution in [0.1, 0.15) is 15.9 Å². The topological polar surface area (TPSA) is 70.6 Å². The van der Waals surface area contributed by atoms with Crippen LogP contribution >= 0.6 is 12.4 Å². The minimum absolute atomic E-state index is 0. The van der Waals surface area contributed by atoms with Gasteiger partial charge in [0.25, 0.3) is 5.91 Å². The van der Waals surface area contributed by atoms with Gasteiger partial charge in [-0.05, 0) is 24.1 Å². The number of piperazine rings is 1. The van der Waals surface area contributed by atoms with E-state index in [0.29, 0.717) is 18.7 Å². The molecule has 150 valence electrons. The van der Waals surface area contributed by atoms with Gasteiger partial charge in [0.15, 0.2) is 9.84 Å². The predicted octanol–water partition coefficient (Wildman–Crippen LogP) is 1.67. The van der Waals surface area contributed by atoms with Gasteiger partial charge in [-0.1, -0.05) is 30.3 Å². The van der Waals surface area contributed by atoms with Gasteiger partial charge in [0.05, 0.1) is 23.1 Å². The second-order valence-electron chi connectivity index (χ2n) is 7.22. The molecule has 0 aliphatic carbocycles. The number of sulfone groups is 1. The number of hydrogen-bond donors (Lipinski definition) is 0. The van der Waals surface area contributed by atoms with Crippen LogP contribution in [0.2, 0.25) is 0 Å². The molecule has 4 rings (SSSR count). The molecule has 0 radical (unpaired) electrons. The number of pyridine rings is 1. The SMILES string of the molecule is Cl.O=C(c1cccnc1)N1CCN(CCc2ccccc2)[C@@H]2CS(=O)(=O)C[C@@H]21. The fourth-order valence-corrected chi connectivity index (χ4v) is 6.14. The summed E-state index contributed by atoms with van der Waals surface area (Å²) in [5.74, 6) is 0.0484. The van der Waals surface area contributed by atoms with Crippen molar-refractivity contribution in [2.24, 2.45) is 0 Å². The quantitative estimate of drug-likeness (QED) is 0.751. The lowest BCUT2D eigenvalue weighted by molar-refractivity contribution is 0.0335. The Kier molecular flexibility index (Phi) is 6.37. The van der Waals surface area contributed by atoms with Crippen LogP contribution in [0.25, 0.3) is 0 Å². The highest BCUT2D eigenvalue weighted by atomic mass is 35.5. The average molecular weight is 422 g/mol. The summed E-state index contributed by atoms with van der Waals surface area (Å²) in [5.41, 5.74) is 1.75. The molecule has 0 spiro atoms. The van der Waals surface area contributed by atoms with E-state index in [1.54, 1.807) is 29.4 Å². The highest BCUT2D eigenvalue weighted by Gasteiger charge is 2.47.